The van der Waals surface area contributed by atoms with Gasteiger partial charge in [-0.3, -0.25) is 11.3 Å². The van der Waals surface area contributed by atoms with E-state index in [2.05, 4.69) is 5.43 Å². The Bertz CT molecular complexity index is 400. The first-order valence-electron chi connectivity index (χ1n) is 5.80. The van der Waals surface area contributed by atoms with E-state index in [1.165, 1.54) is 17.9 Å². The van der Waals surface area contributed by atoms with E-state index >= 15 is 0 Å². The largest absolute Gasteiger partial charge is 0.271 e. The van der Waals surface area contributed by atoms with E-state index in [0.717, 1.165) is 23.5 Å². The molecule has 3 N–H and O–H groups in total. The Morgan fingerprint density at radius 1 is 1.50 bits per heavy atom. The summed E-state index contributed by atoms with van der Waals surface area (Å²) >= 11 is 9.95. The van der Waals surface area contributed by atoms with E-state index in [0.29, 0.717) is 10.3 Å². The van der Waals surface area contributed by atoms with Crippen molar-refractivity contribution >= 4 is 35.1 Å². The van der Waals surface area contributed by atoms with Crippen molar-refractivity contribution in [3.8, 4) is 0 Å². The summed E-state index contributed by atoms with van der Waals surface area (Å²) in [7, 11) is 0. The van der Waals surface area contributed by atoms with Gasteiger partial charge in [0.2, 0.25) is 0 Å². The molecule has 18 heavy (non-hydrogen) atoms. The minimum Gasteiger partial charge on any atom is -0.271 e. The Balaban J connectivity index is 2.04. The number of hydrogen-bond donors (Lipinski definition) is 2. The maximum Gasteiger partial charge on any atom is 0.124 e. The topological polar surface area (TPSA) is 38.0 Å². The lowest BCUT2D eigenvalue weighted by Gasteiger charge is -2.29. The molecule has 0 bridgehead atoms. The molecule has 2 rings (SSSR count). The second kappa shape index (κ2) is 7.01. The zero-order chi connectivity index (χ0) is 13.0. The fourth-order valence-corrected chi connectivity index (χ4v) is 5.08. The molecular weight excluding hydrogens is 291 g/mol. The maximum absolute atomic E-state index is 13.0. The van der Waals surface area contributed by atoms with E-state index in [1.54, 1.807) is 6.07 Å². The molecule has 1 aromatic rings. The van der Waals surface area contributed by atoms with Crippen molar-refractivity contribution in [3.63, 3.8) is 0 Å². The van der Waals surface area contributed by atoms with Crippen molar-refractivity contribution < 1.29 is 4.39 Å². The van der Waals surface area contributed by atoms with Crippen LogP contribution < -0.4 is 11.3 Å². The van der Waals surface area contributed by atoms with Crippen LogP contribution in [0.25, 0.3) is 0 Å². The van der Waals surface area contributed by atoms with Gasteiger partial charge in [0.25, 0.3) is 0 Å². The smallest absolute Gasteiger partial charge is 0.124 e. The lowest BCUT2D eigenvalue weighted by atomic mass is 10.0. The average Bonchev–Trinajstić information content (AvgIpc) is 2.39. The van der Waals surface area contributed by atoms with E-state index in [4.69, 9.17) is 17.4 Å². The molecule has 6 heteroatoms. The van der Waals surface area contributed by atoms with Gasteiger partial charge in [-0.2, -0.15) is 23.5 Å². The fourth-order valence-electron chi connectivity index (χ4n) is 1.96. The SMILES string of the molecule is NNC(Cc1ccc(F)cc1Cl)C1CSCCS1. The standard InChI is InChI=1S/C12H16ClFN2S2/c13-10-6-9(14)2-1-8(10)5-11(16-15)12-7-17-3-4-18-12/h1-2,6,11-12,16H,3-5,7,15H2. The molecule has 1 fully saturated rings. The predicted molar refractivity (Wildman–Crippen MR) is 79.8 cm³/mol. The third-order valence-electron chi connectivity index (χ3n) is 2.96. The van der Waals surface area contributed by atoms with Gasteiger partial charge in [-0.1, -0.05) is 17.7 Å². The van der Waals surface area contributed by atoms with Crippen LogP contribution >= 0.6 is 35.1 Å². The molecule has 1 aromatic carbocycles. The van der Waals surface area contributed by atoms with E-state index in [-0.39, 0.29) is 11.9 Å². The normalized spacial score (nSPS) is 21.8. The molecule has 0 radical (unpaired) electrons. The van der Waals surface area contributed by atoms with Crippen LogP contribution in [-0.2, 0) is 6.42 Å². The zero-order valence-corrected chi connectivity index (χ0v) is 12.3. The molecule has 2 unspecified atom stereocenters. The molecule has 1 aliphatic rings. The van der Waals surface area contributed by atoms with Crippen molar-refractivity contribution in [2.24, 2.45) is 5.84 Å². The van der Waals surface area contributed by atoms with Crippen LogP contribution in [0, 0.1) is 5.82 Å². The van der Waals surface area contributed by atoms with Crippen molar-refractivity contribution in [1.29, 1.82) is 0 Å². The number of nitrogens with two attached hydrogens (primary N) is 1. The number of halogens is 2. The molecule has 0 saturated carbocycles. The number of thioether (sulfide) groups is 2. The van der Waals surface area contributed by atoms with E-state index in [9.17, 15) is 4.39 Å². The Hall–Kier alpha value is 0.0600. The number of rotatable bonds is 4. The summed E-state index contributed by atoms with van der Waals surface area (Å²) < 4.78 is 13.0. The molecule has 0 spiro atoms. The fraction of sp³-hybridized carbons (Fsp3) is 0.500. The Morgan fingerprint density at radius 3 is 2.94 bits per heavy atom. The summed E-state index contributed by atoms with van der Waals surface area (Å²) in [5, 5.41) is 0.957. The first kappa shape index (κ1) is 14.5. The summed E-state index contributed by atoms with van der Waals surface area (Å²) in [6.07, 6.45) is 0.730. The molecule has 1 heterocycles. The minimum atomic E-state index is -0.302. The quantitative estimate of drug-likeness (QED) is 0.662. The van der Waals surface area contributed by atoms with Crippen molar-refractivity contribution in [2.45, 2.75) is 17.7 Å². The third kappa shape index (κ3) is 3.78. The second-order valence-electron chi connectivity index (χ2n) is 4.20. The Kier molecular flexibility index (Phi) is 5.63. The number of nitrogens with one attached hydrogen (secondary N) is 1. The van der Waals surface area contributed by atoms with Crippen molar-refractivity contribution in [1.82, 2.24) is 5.43 Å². The van der Waals surface area contributed by atoms with Gasteiger partial charge in [-0.25, -0.2) is 4.39 Å². The molecule has 100 valence electrons. The third-order valence-corrected chi connectivity index (χ3v) is 6.23. The zero-order valence-electron chi connectivity index (χ0n) is 9.86. The molecule has 0 amide bonds. The van der Waals surface area contributed by atoms with Crippen LogP contribution in [0.1, 0.15) is 5.56 Å². The van der Waals surface area contributed by atoms with Crippen molar-refractivity contribution in [2.75, 3.05) is 17.3 Å². The van der Waals surface area contributed by atoms with Gasteiger partial charge in [0.15, 0.2) is 0 Å². The number of benzene rings is 1. The monoisotopic (exact) mass is 306 g/mol. The lowest BCUT2D eigenvalue weighted by Crippen LogP contribution is -2.46. The predicted octanol–water partition coefficient (Wildman–Crippen LogP) is 2.70. The maximum atomic E-state index is 13.0. The van der Waals surface area contributed by atoms with E-state index < -0.39 is 0 Å². The summed E-state index contributed by atoms with van der Waals surface area (Å²) in [5.74, 6) is 8.80. The van der Waals surface area contributed by atoms with E-state index in [1.807, 2.05) is 23.5 Å². The lowest BCUT2D eigenvalue weighted by molar-refractivity contribution is 0.523. The van der Waals surface area contributed by atoms with Gasteiger partial charge in [0.1, 0.15) is 5.82 Å². The van der Waals surface area contributed by atoms with Gasteiger partial charge in [-0.15, -0.1) is 0 Å². The molecule has 1 aliphatic heterocycles. The van der Waals surface area contributed by atoms with Crippen LogP contribution in [0.4, 0.5) is 4.39 Å². The van der Waals surface area contributed by atoms with Gasteiger partial charge in [-0.05, 0) is 24.1 Å². The summed E-state index contributed by atoms with van der Waals surface area (Å²) in [6.45, 7) is 0. The molecule has 0 aliphatic carbocycles. The Morgan fingerprint density at radius 2 is 2.33 bits per heavy atom. The number of hydrogen-bond acceptors (Lipinski definition) is 4. The first-order valence-corrected chi connectivity index (χ1v) is 8.38. The molecule has 2 atom stereocenters. The van der Waals surface area contributed by atoms with Crippen LogP contribution in [0.5, 0.6) is 0 Å². The highest BCUT2D eigenvalue weighted by molar-refractivity contribution is 8.06. The highest BCUT2D eigenvalue weighted by Gasteiger charge is 2.24. The summed E-state index contributed by atoms with van der Waals surface area (Å²) in [6, 6.07) is 4.71. The van der Waals surface area contributed by atoms with Gasteiger partial charge < -0.3 is 0 Å². The minimum absolute atomic E-state index is 0.172. The summed E-state index contributed by atoms with van der Waals surface area (Å²) in [4.78, 5) is 0. The van der Waals surface area contributed by atoms with Gasteiger partial charge >= 0.3 is 0 Å². The van der Waals surface area contributed by atoms with Crippen LogP contribution in [0.3, 0.4) is 0 Å². The highest BCUT2D eigenvalue weighted by Crippen LogP contribution is 2.29. The molecule has 0 aromatic heterocycles. The molecular formula is C12H16ClFN2S2. The van der Waals surface area contributed by atoms with Gasteiger partial charge in [0.05, 0.1) is 0 Å². The Labute approximate surface area is 120 Å². The molecule has 1 saturated heterocycles. The van der Waals surface area contributed by atoms with Crippen molar-refractivity contribution in [3.05, 3.63) is 34.6 Å². The molecule has 2 nitrogen and oxygen atoms in total. The summed E-state index contributed by atoms with van der Waals surface area (Å²) in [5.41, 5.74) is 3.82. The first-order chi connectivity index (χ1) is 8.70. The average molecular weight is 307 g/mol. The van der Waals surface area contributed by atoms with Gasteiger partial charge in [0, 0.05) is 33.6 Å². The highest BCUT2D eigenvalue weighted by atomic mass is 35.5. The van der Waals surface area contributed by atoms with Crippen LogP contribution in [-0.4, -0.2) is 28.6 Å². The number of hydrazine groups is 1. The second-order valence-corrected chi connectivity index (χ2v) is 7.10. The van der Waals surface area contributed by atoms with Crippen LogP contribution in [0.2, 0.25) is 5.02 Å². The van der Waals surface area contributed by atoms with Crippen LogP contribution in [0.15, 0.2) is 18.2 Å².